The molecule has 4 rings (SSSR count). The van der Waals surface area contributed by atoms with Crippen LogP contribution in [0.3, 0.4) is 0 Å². The number of likely N-dealkylation sites (tertiary alicyclic amines) is 1. The molecule has 2 aromatic rings. The lowest BCUT2D eigenvalue weighted by Gasteiger charge is -2.35. The normalized spacial score (nSPS) is 17.0. The van der Waals surface area contributed by atoms with Gasteiger partial charge in [-0.2, -0.15) is 0 Å². The van der Waals surface area contributed by atoms with Crippen molar-refractivity contribution >= 4 is 34.7 Å². The molecule has 2 fully saturated rings. The third-order valence-corrected chi connectivity index (χ3v) is 6.22. The molecule has 170 valence electrons. The number of nitrogens with zero attached hydrogens (tertiary/aromatic N) is 5. The lowest BCUT2D eigenvalue weighted by atomic mass is 10.2. The summed E-state index contributed by atoms with van der Waals surface area (Å²) in [6.45, 7) is 4.03. The Morgan fingerprint density at radius 2 is 1.34 bits per heavy atom. The number of para-hydroxylation sites is 2. The van der Waals surface area contributed by atoms with E-state index in [2.05, 4.69) is 0 Å². The molecular weight excluding hydrogens is 414 g/mol. The average molecular weight is 441 g/mol. The second-order valence-electron chi connectivity index (χ2n) is 8.05. The molecule has 0 spiro atoms. The Morgan fingerprint density at radius 3 is 1.91 bits per heavy atom. The number of aromatic nitrogens is 2. The van der Waals surface area contributed by atoms with Crippen LogP contribution >= 0.6 is 0 Å². The van der Waals surface area contributed by atoms with E-state index in [4.69, 9.17) is 0 Å². The van der Waals surface area contributed by atoms with E-state index in [9.17, 15) is 24.0 Å². The maximum atomic E-state index is 12.7. The molecule has 0 aliphatic carbocycles. The zero-order valence-electron chi connectivity index (χ0n) is 18.2. The van der Waals surface area contributed by atoms with Crippen LogP contribution in [0.2, 0.25) is 0 Å². The minimum Gasteiger partial charge on any atom is -0.339 e. The minimum absolute atomic E-state index is 0.0674. The second-order valence-corrected chi connectivity index (χ2v) is 8.05. The lowest BCUT2D eigenvalue weighted by Crippen LogP contribution is -2.53. The van der Waals surface area contributed by atoms with Crippen LogP contribution in [-0.2, 0) is 32.3 Å². The largest absolute Gasteiger partial charge is 0.339 e. The minimum atomic E-state index is -0.308. The van der Waals surface area contributed by atoms with Crippen LogP contribution in [0.1, 0.15) is 26.2 Å². The molecule has 2 aliphatic rings. The summed E-state index contributed by atoms with van der Waals surface area (Å²) < 4.78 is 3.33. The first-order valence-electron chi connectivity index (χ1n) is 11.0. The number of piperazine rings is 1. The third kappa shape index (κ3) is 4.04. The van der Waals surface area contributed by atoms with Gasteiger partial charge in [-0.3, -0.25) is 33.2 Å². The first-order chi connectivity index (χ1) is 15.4. The zero-order chi connectivity index (χ0) is 22.8. The number of benzene rings is 1. The fourth-order valence-corrected chi connectivity index (χ4v) is 4.40. The van der Waals surface area contributed by atoms with E-state index >= 15 is 0 Å². The second kappa shape index (κ2) is 8.97. The highest BCUT2D eigenvalue weighted by molar-refractivity contribution is 6.04. The number of hydrogen-bond acceptors (Lipinski definition) is 5. The van der Waals surface area contributed by atoms with Crippen LogP contribution in [0.5, 0.6) is 0 Å². The maximum Gasteiger partial charge on any atom is 0.329 e. The predicted molar refractivity (Wildman–Crippen MR) is 116 cm³/mol. The number of hydrogen-bond donors (Lipinski definition) is 0. The summed E-state index contributed by atoms with van der Waals surface area (Å²) in [5.41, 5.74) is 1.55. The van der Waals surface area contributed by atoms with Crippen molar-refractivity contribution in [2.75, 3.05) is 32.7 Å². The van der Waals surface area contributed by atoms with Gasteiger partial charge in [0.25, 0.3) is 0 Å². The van der Waals surface area contributed by atoms with Crippen LogP contribution in [-0.4, -0.2) is 80.2 Å². The van der Waals surface area contributed by atoms with Crippen LogP contribution in [0.15, 0.2) is 29.1 Å². The smallest absolute Gasteiger partial charge is 0.329 e. The average Bonchev–Trinajstić information content (AvgIpc) is 3.27. The highest BCUT2D eigenvalue weighted by atomic mass is 16.2. The van der Waals surface area contributed by atoms with E-state index in [0.29, 0.717) is 39.3 Å². The van der Waals surface area contributed by atoms with Gasteiger partial charge >= 0.3 is 5.69 Å². The van der Waals surface area contributed by atoms with Gasteiger partial charge in [0.1, 0.15) is 6.54 Å². The third-order valence-electron chi connectivity index (χ3n) is 6.22. The van der Waals surface area contributed by atoms with Crippen molar-refractivity contribution in [1.82, 2.24) is 23.8 Å². The van der Waals surface area contributed by atoms with Gasteiger partial charge in [0.05, 0.1) is 11.0 Å². The highest BCUT2D eigenvalue weighted by Gasteiger charge is 2.33. The first-order valence-corrected chi connectivity index (χ1v) is 11.0. The predicted octanol–water partition coefficient (Wildman–Crippen LogP) is 0.0328. The molecule has 0 unspecified atom stereocenters. The van der Waals surface area contributed by atoms with Crippen LogP contribution < -0.4 is 5.69 Å². The molecule has 1 aromatic carbocycles. The summed E-state index contributed by atoms with van der Waals surface area (Å²) in [6, 6.07) is 7.55. The van der Waals surface area contributed by atoms with Crippen molar-refractivity contribution in [1.29, 1.82) is 0 Å². The summed E-state index contributed by atoms with van der Waals surface area (Å²) in [4.78, 5) is 65.6. The number of imide groups is 1. The van der Waals surface area contributed by atoms with E-state index in [1.165, 1.54) is 0 Å². The Hall–Kier alpha value is -3.43. The van der Waals surface area contributed by atoms with Crippen LogP contribution in [0.25, 0.3) is 11.0 Å². The summed E-state index contributed by atoms with van der Waals surface area (Å²) in [6.07, 6.45) is 0.519. The van der Waals surface area contributed by atoms with Gasteiger partial charge < -0.3 is 9.80 Å². The number of imidazole rings is 1. The number of carbonyl (C=O) groups is 4. The standard InChI is InChI=1S/C22H27N5O5/c1-2-25-16-5-3-4-6-17(16)26(22(25)32)10-9-18(28)23-11-13-24(14-12-23)21(31)15-27-19(29)7-8-20(27)30/h3-6H,2,7-15H2,1H3. The number of fused-ring (bicyclic) bond motifs is 1. The molecule has 1 aromatic heterocycles. The molecule has 0 bridgehead atoms. The molecule has 0 saturated carbocycles. The van der Waals surface area contributed by atoms with Crippen molar-refractivity contribution in [2.24, 2.45) is 0 Å². The SMILES string of the molecule is CCn1c(=O)n(CCC(=O)N2CCN(C(=O)CN3C(=O)CCC3=O)CC2)c2ccccc21. The van der Waals surface area contributed by atoms with Gasteiger partial charge in [-0.05, 0) is 19.1 Å². The van der Waals surface area contributed by atoms with Crippen molar-refractivity contribution in [2.45, 2.75) is 39.3 Å². The fourth-order valence-electron chi connectivity index (χ4n) is 4.40. The molecule has 0 atom stereocenters. The van der Waals surface area contributed by atoms with Crippen molar-refractivity contribution in [3.05, 3.63) is 34.7 Å². The number of aryl methyl sites for hydroxylation is 2. The molecule has 3 heterocycles. The Balaban J connectivity index is 1.32. The monoisotopic (exact) mass is 441 g/mol. The number of carbonyl (C=O) groups excluding carboxylic acids is 4. The topological polar surface area (TPSA) is 105 Å². The molecule has 32 heavy (non-hydrogen) atoms. The molecule has 0 N–H and O–H groups in total. The van der Waals surface area contributed by atoms with Crippen molar-refractivity contribution in [3.8, 4) is 0 Å². The molecule has 10 heteroatoms. The number of rotatable bonds is 6. The fraction of sp³-hybridized carbons (Fsp3) is 0.500. The molecule has 0 radical (unpaired) electrons. The van der Waals surface area contributed by atoms with Gasteiger partial charge in [-0.25, -0.2) is 4.79 Å². The summed E-state index contributed by atoms with van der Waals surface area (Å²) >= 11 is 0. The maximum absolute atomic E-state index is 12.7. The molecule has 10 nitrogen and oxygen atoms in total. The Labute approximate surface area is 185 Å². The van der Waals surface area contributed by atoms with Crippen molar-refractivity contribution < 1.29 is 19.2 Å². The highest BCUT2D eigenvalue weighted by Crippen LogP contribution is 2.15. The van der Waals surface area contributed by atoms with E-state index in [1.807, 2.05) is 31.2 Å². The Kier molecular flexibility index (Phi) is 6.11. The van der Waals surface area contributed by atoms with Gasteiger partial charge in [0, 0.05) is 58.5 Å². The van der Waals surface area contributed by atoms with Crippen LogP contribution in [0.4, 0.5) is 0 Å². The lowest BCUT2D eigenvalue weighted by molar-refractivity contribution is -0.147. The van der Waals surface area contributed by atoms with Gasteiger partial charge in [-0.15, -0.1) is 0 Å². The molecule has 2 saturated heterocycles. The van der Waals surface area contributed by atoms with Gasteiger partial charge in [0.15, 0.2) is 0 Å². The summed E-state index contributed by atoms with van der Waals surface area (Å²) in [5, 5.41) is 0. The van der Waals surface area contributed by atoms with Gasteiger partial charge in [0.2, 0.25) is 23.6 Å². The number of amides is 4. The molecule has 4 amide bonds. The zero-order valence-corrected chi connectivity index (χ0v) is 18.2. The quantitative estimate of drug-likeness (QED) is 0.589. The Morgan fingerprint density at radius 1 is 0.812 bits per heavy atom. The van der Waals surface area contributed by atoms with E-state index in [0.717, 1.165) is 15.9 Å². The van der Waals surface area contributed by atoms with Gasteiger partial charge in [-0.1, -0.05) is 12.1 Å². The first kappa shape index (κ1) is 21.8. The summed E-state index contributed by atoms with van der Waals surface area (Å²) in [7, 11) is 0. The molecule has 2 aliphatic heterocycles. The van der Waals surface area contributed by atoms with E-state index in [1.54, 1.807) is 18.9 Å². The van der Waals surface area contributed by atoms with E-state index < -0.39 is 0 Å². The summed E-state index contributed by atoms with van der Waals surface area (Å²) in [5.74, 6) is -0.962. The molecular formula is C22H27N5O5. The van der Waals surface area contributed by atoms with Crippen molar-refractivity contribution in [3.63, 3.8) is 0 Å². The van der Waals surface area contributed by atoms with Crippen LogP contribution in [0, 0.1) is 0 Å². The Bertz CT molecular complexity index is 1110. The van der Waals surface area contributed by atoms with E-state index in [-0.39, 0.29) is 55.1 Å².